The predicted octanol–water partition coefficient (Wildman–Crippen LogP) is 8.04. The number of ether oxygens (including phenoxy) is 2. The SMILES string of the molecule is CCOc1cc(C=Nn2c(-c3cc4cc(Br)ccc4o3)nc3ccccc3c2=O)cc(Br)c1OCC(C)(C)C. The summed E-state index contributed by atoms with van der Waals surface area (Å²) in [6.07, 6.45) is 1.60. The molecule has 39 heavy (non-hydrogen) atoms. The Morgan fingerprint density at radius 3 is 2.62 bits per heavy atom. The Bertz CT molecular complexity index is 1770. The Labute approximate surface area is 242 Å². The zero-order valence-electron chi connectivity index (χ0n) is 22.0. The number of rotatable bonds is 7. The fraction of sp³-hybridized carbons (Fsp3) is 0.233. The van der Waals surface area contributed by atoms with E-state index in [0.717, 1.165) is 14.3 Å². The molecule has 0 bridgehead atoms. The van der Waals surface area contributed by atoms with Gasteiger partial charge in [-0.05, 0) is 82.4 Å². The molecule has 2 aromatic heterocycles. The topological polar surface area (TPSA) is 78.9 Å². The van der Waals surface area contributed by atoms with E-state index in [2.05, 4.69) is 57.7 Å². The monoisotopic (exact) mass is 651 g/mol. The molecule has 0 aliphatic rings. The number of halogens is 2. The molecule has 9 heteroatoms. The second-order valence-corrected chi connectivity index (χ2v) is 12.0. The minimum Gasteiger partial charge on any atom is -0.490 e. The first-order chi connectivity index (χ1) is 18.6. The summed E-state index contributed by atoms with van der Waals surface area (Å²) in [4.78, 5) is 18.3. The fourth-order valence-corrected chi connectivity index (χ4v) is 4.95. The van der Waals surface area contributed by atoms with Crippen molar-refractivity contribution < 1.29 is 13.9 Å². The molecule has 0 spiro atoms. The molecule has 0 N–H and O–H groups in total. The van der Waals surface area contributed by atoms with Crippen molar-refractivity contribution in [3.63, 3.8) is 0 Å². The molecule has 0 fully saturated rings. The molecule has 2 heterocycles. The van der Waals surface area contributed by atoms with E-state index in [1.165, 1.54) is 4.68 Å². The number of hydrogen-bond donors (Lipinski definition) is 0. The zero-order chi connectivity index (χ0) is 27.7. The normalized spacial score (nSPS) is 12.1. The van der Waals surface area contributed by atoms with Gasteiger partial charge in [0.05, 0.1) is 34.8 Å². The first kappa shape index (κ1) is 27.1. The lowest BCUT2D eigenvalue weighted by molar-refractivity contribution is 0.187. The molecule has 5 aromatic rings. The van der Waals surface area contributed by atoms with Gasteiger partial charge >= 0.3 is 0 Å². The van der Waals surface area contributed by atoms with Crippen LogP contribution >= 0.6 is 31.9 Å². The first-order valence-corrected chi connectivity index (χ1v) is 14.1. The van der Waals surface area contributed by atoms with Crippen LogP contribution in [0.4, 0.5) is 0 Å². The number of fused-ring (bicyclic) bond motifs is 2. The summed E-state index contributed by atoms with van der Waals surface area (Å²) < 4.78 is 21.0. The Morgan fingerprint density at radius 2 is 1.85 bits per heavy atom. The Hall–Kier alpha value is -3.43. The summed E-state index contributed by atoms with van der Waals surface area (Å²) in [5, 5.41) is 5.92. The van der Waals surface area contributed by atoms with Gasteiger partial charge in [-0.25, -0.2) is 4.98 Å². The summed E-state index contributed by atoms with van der Waals surface area (Å²) >= 11 is 7.11. The van der Waals surface area contributed by atoms with Gasteiger partial charge in [0.25, 0.3) is 5.56 Å². The maximum absolute atomic E-state index is 13.6. The van der Waals surface area contributed by atoms with E-state index in [4.69, 9.17) is 18.9 Å². The zero-order valence-corrected chi connectivity index (χ0v) is 25.2. The lowest BCUT2D eigenvalue weighted by atomic mass is 9.99. The molecule has 0 aliphatic heterocycles. The molecule has 200 valence electrons. The Kier molecular flexibility index (Phi) is 7.64. The summed E-state index contributed by atoms with van der Waals surface area (Å²) in [5.41, 5.74) is 1.64. The average molecular weight is 653 g/mol. The second kappa shape index (κ2) is 11.0. The van der Waals surface area contributed by atoms with Crippen molar-refractivity contribution in [3.8, 4) is 23.1 Å². The van der Waals surface area contributed by atoms with Gasteiger partial charge in [0.1, 0.15) is 5.58 Å². The molecule has 0 saturated heterocycles. The molecular weight excluding hydrogens is 626 g/mol. The van der Waals surface area contributed by atoms with Crippen LogP contribution in [0.3, 0.4) is 0 Å². The molecule has 5 rings (SSSR count). The summed E-state index contributed by atoms with van der Waals surface area (Å²) in [7, 11) is 0. The summed E-state index contributed by atoms with van der Waals surface area (Å²) in [6.45, 7) is 9.23. The van der Waals surface area contributed by atoms with Gasteiger partial charge in [-0.1, -0.05) is 48.8 Å². The van der Waals surface area contributed by atoms with Crippen molar-refractivity contribution in [2.75, 3.05) is 13.2 Å². The highest BCUT2D eigenvalue weighted by Crippen LogP contribution is 2.37. The third-order valence-corrected chi connectivity index (χ3v) is 6.84. The van der Waals surface area contributed by atoms with Crippen molar-refractivity contribution in [1.82, 2.24) is 9.66 Å². The quantitative estimate of drug-likeness (QED) is 0.166. The minimum absolute atomic E-state index is 0.0174. The van der Waals surface area contributed by atoms with E-state index in [1.54, 1.807) is 24.4 Å². The van der Waals surface area contributed by atoms with Crippen LogP contribution in [0.5, 0.6) is 11.5 Å². The van der Waals surface area contributed by atoms with Crippen LogP contribution in [0.1, 0.15) is 33.3 Å². The molecule has 0 unspecified atom stereocenters. The van der Waals surface area contributed by atoms with Crippen LogP contribution in [0.15, 0.2) is 83.9 Å². The number of aromatic nitrogens is 2. The molecule has 0 saturated carbocycles. The van der Waals surface area contributed by atoms with Crippen LogP contribution < -0.4 is 15.0 Å². The number of benzene rings is 3. The van der Waals surface area contributed by atoms with E-state index < -0.39 is 0 Å². The van der Waals surface area contributed by atoms with E-state index in [-0.39, 0.29) is 11.0 Å². The average Bonchev–Trinajstić information content (AvgIpc) is 3.30. The first-order valence-electron chi connectivity index (χ1n) is 12.5. The van der Waals surface area contributed by atoms with Crippen molar-refractivity contribution in [2.24, 2.45) is 10.5 Å². The van der Waals surface area contributed by atoms with Gasteiger partial charge in [0, 0.05) is 9.86 Å². The van der Waals surface area contributed by atoms with Crippen LogP contribution in [0, 0.1) is 5.41 Å². The van der Waals surface area contributed by atoms with E-state index in [9.17, 15) is 4.79 Å². The lowest BCUT2D eigenvalue weighted by Crippen LogP contribution is -2.20. The molecule has 7 nitrogen and oxygen atoms in total. The molecule has 0 atom stereocenters. The van der Waals surface area contributed by atoms with Crippen LogP contribution in [-0.2, 0) is 0 Å². The maximum Gasteiger partial charge on any atom is 0.282 e. The highest BCUT2D eigenvalue weighted by Gasteiger charge is 2.19. The number of para-hydroxylation sites is 1. The standard InChI is InChI=1S/C30H27Br2N3O4/c1-5-37-25-13-18(12-22(32)27(25)38-17-30(2,3)4)16-33-35-28(34-23-9-7-6-8-21(23)29(35)36)26-15-19-14-20(31)10-11-24(19)39-26/h6-16H,5,17H2,1-4H3. The summed E-state index contributed by atoms with van der Waals surface area (Å²) in [5.74, 6) is 1.95. The highest BCUT2D eigenvalue weighted by atomic mass is 79.9. The van der Waals surface area contributed by atoms with Gasteiger partial charge in [-0.15, -0.1) is 0 Å². The van der Waals surface area contributed by atoms with Gasteiger partial charge in [0.2, 0.25) is 5.82 Å². The van der Waals surface area contributed by atoms with Crippen molar-refractivity contribution >= 4 is 59.9 Å². The molecule has 0 amide bonds. The Morgan fingerprint density at radius 1 is 1.05 bits per heavy atom. The van der Waals surface area contributed by atoms with Gasteiger partial charge in [-0.3, -0.25) is 4.79 Å². The number of furan rings is 1. The van der Waals surface area contributed by atoms with Crippen molar-refractivity contribution in [1.29, 1.82) is 0 Å². The van der Waals surface area contributed by atoms with Gasteiger partial charge in [0.15, 0.2) is 17.3 Å². The second-order valence-electron chi connectivity index (χ2n) is 10.2. The van der Waals surface area contributed by atoms with Gasteiger partial charge < -0.3 is 13.9 Å². The Balaban J connectivity index is 1.61. The molecule has 0 aliphatic carbocycles. The van der Waals surface area contributed by atoms with E-state index in [0.29, 0.717) is 58.3 Å². The predicted molar refractivity (Wildman–Crippen MR) is 162 cm³/mol. The minimum atomic E-state index is -0.303. The van der Waals surface area contributed by atoms with Crippen LogP contribution in [0.2, 0.25) is 0 Å². The van der Waals surface area contributed by atoms with Crippen LogP contribution in [0.25, 0.3) is 33.5 Å². The van der Waals surface area contributed by atoms with E-state index >= 15 is 0 Å². The van der Waals surface area contributed by atoms with Crippen molar-refractivity contribution in [3.05, 3.63) is 85.5 Å². The van der Waals surface area contributed by atoms with Gasteiger partial charge in [-0.2, -0.15) is 9.78 Å². The van der Waals surface area contributed by atoms with Crippen LogP contribution in [-0.4, -0.2) is 29.1 Å². The smallest absolute Gasteiger partial charge is 0.282 e. The molecular formula is C30H27Br2N3O4. The van der Waals surface area contributed by atoms with E-state index in [1.807, 2.05) is 49.4 Å². The fourth-order valence-electron chi connectivity index (χ4n) is 3.99. The third kappa shape index (κ3) is 5.94. The molecule has 3 aromatic carbocycles. The highest BCUT2D eigenvalue weighted by molar-refractivity contribution is 9.10. The number of nitrogens with zero attached hydrogens (tertiary/aromatic N) is 3. The maximum atomic E-state index is 13.6. The largest absolute Gasteiger partial charge is 0.490 e. The number of hydrogen-bond acceptors (Lipinski definition) is 6. The van der Waals surface area contributed by atoms with Crippen molar-refractivity contribution in [2.45, 2.75) is 27.7 Å². The molecule has 0 radical (unpaired) electrons. The summed E-state index contributed by atoms with van der Waals surface area (Å²) in [6, 6.07) is 18.5. The third-order valence-electron chi connectivity index (χ3n) is 5.76. The lowest BCUT2D eigenvalue weighted by Gasteiger charge is -2.21.